The van der Waals surface area contributed by atoms with Crippen LogP contribution in [0, 0.1) is 12.7 Å². The fraction of sp³-hybridized carbons (Fsp3) is 0.217. The number of halogens is 1. The average Bonchev–Trinajstić information content (AvgIpc) is 2.57. The van der Waals surface area contributed by atoms with Crippen molar-refractivity contribution in [2.24, 2.45) is 0 Å². The maximum absolute atomic E-state index is 12.7. The van der Waals surface area contributed by atoms with Crippen molar-refractivity contribution in [2.75, 3.05) is 0 Å². The zero-order valence-corrected chi connectivity index (χ0v) is 15.6. The minimum atomic E-state index is -0.194. The Kier molecular flexibility index (Phi) is 10.9. The van der Waals surface area contributed by atoms with Crippen LogP contribution in [0.3, 0.4) is 0 Å². The molecule has 1 heteroatoms. The van der Waals surface area contributed by atoms with E-state index < -0.39 is 0 Å². The molecule has 0 saturated carbocycles. The van der Waals surface area contributed by atoms with E-state index >= 15 is 0 Å². The summed E-state index contributed by atoms with van der Waals surface area (Å²) in [4.78, 5) is 0. The van der Waals surface area contributed by atoms with Crippen molar-refractivity contribution >= 4 is 0 Å². The van der Waals surface area contributed by atoms with Crippen molar-refractivity contribution in [3.8, 4) is 11.1 Å². The maximum Gasteiger partial charge on any atom is 0.123 e. The Bertz CT molecular complexity index is 596. The standard InChI is InChI=1S/C13H11F.C5H10.C5H8/c1-10-2-4-11(5-3-10)12-6-8-13(14)9-7-12;2*1-4-5(2)3/h2-9H,1H3;4H,1-3H3;4H,1-2H2,3H3. The zero-order chi connectivity index (χ0) is 18.5. The second-order valence-electron chi connectivity index (χ2n) is 5.79. The lowest BCUT2D eigenvalue weighted by atomic mass is 10.0. The highest BCUT2D eigenvalue weighted by molar-refractivity contribution is 5.63. The number of aryl methyl sites for hydroxylation is 1. The first kappa shape index (κ1) is 21.6. The third kappa shape index (κ3) is 10.3. The molecule has 0 aliphatic rings. The second-order valence-corrected chi connectivity index (χ2v) is 5.79. The number of allylic oxidation sites excluding steroid dienone is 4. The van der Waals surface area contributed by atoms with Gasteiger partial charge in [-0.15, -0.1) is 0 Å². The molecule has 0 unspecified atom stereocenters. The Labute approximate surface area is 147 Å². The molecule has 2 aromatic rings. The molecule has 0 N–H and O–H groups in total. The van der Waals surface area contributed by atoms with Crippen LogP contribution in [-0.2, 0) is 0 Å². The minimum Gasteiger partial charge on any atom is -0.207 e. The Hall–Kier alpha value is -2.41. The molecule has 0 radical (unpaired) electrons. The number of hydrogen-bond acceptors (Lipinski definition) is 0. The van der Waals surface area contributed by atoms with Crippen LogP contribution in [0.25, 0.3) is 11.1 Å². The van der Waals surface area contributed by atoms with Gasteiger partial charge in [0.2, 0.25) is 0 Å². The summed E-state index contributed by atoms with van der Waals surface area (Å²) in [7, 11) is 0. The number of hydrogen-bond donors (Lipinski definition) is 0. The summed E-state index contributed by atoms with van der Waals surface area (Å²) in [5.41, 5.74) is 5.80. The third-order valence-electron chi connectivity index (χ3n) is 3.15. The highest BCUT2D eigenvalue weighted by atomic mass is 19.1. The van der Waals surface area contributed by atoms with E-state index in [1.54, 1.807) is 18.2 Å². The summed E-state index contributed by atoms with van der Waals surface area (Å²) in [5.74, 6) is -0.194. The first-order valence-electron chi connectivity index (χ1n) is 8.00. The van der Waals surface area contributed by atoms with Gasteiger partial charge < -0.3 is 0 Å². The zero-order valence-electron chi connectivity index (χ0n) is 15.6. The van der Waals surface area contributed by atoms with Crippen molar-refractivity contribution in [2.45, 2.75) is 34.6 Å². The molecule has 2 aromatic carbocycles. The van der Waals surface area contributed by atoms with Crippen molar-refractivity contribution in [1.29, 1.82) is 0 Å². The predicted molar refractivity (Wildman–Crippen MR) is 107 cm³/mol. The van der Waals surface area contributed by atoms with Crippen molar-refractivity contribution < 1.29 is 4.39 Å². The molecule has 24 heavy (non-hydrogen) atoms. The van der Waals surface area contributed by atoms with Crippen LogP contribution in [0.4, 0.5) is 4.39 Å². The smallest absolute Gasteiger partial charge is 0.123 e. The van der Waals surface area contributed by atoms with Gasteiger partial charge in [-0.05, 0) is 57.9 Å². The highest BCUT2D eigenvalue weighted by Crippen LogP contribution is 2.19. The molecule has 128 valence electrons. The molecule has 0 amide bonds. The van der Waals surface area contributed by atoms with Gasteiger partial charge in [-0.1, -0.05) is 78.4 Å². The van der Waals surface area contributed by atoms with Crippen LogP contribution >= 0.6 is 0 Å². The van der Waals surface area contributed by atoms with Crippen LogP contribution in [0.2, 0.25) is 0 Å². The maximum atomic E-state index is 12.7. The van der Waals surface area contributed by atoms with Crippen LogP contribution in [0.1, 0.15) is 33.3 Å². The summed E-state index contributed by atoms with van der Waals surface area (Å²) >= 11 is 0. The largest absolute Gasteiger partial charge is 0.207 e. The van der Waals surface area contributed by atoms with Gasteiger partial charge in [-0.25, -0.2) is 4.39 Å². The van der Waals surface area contributed by atoms with Crippen LogP contribution in [-0.4, -0.2) is 0 Å². The van der Waals surface area contributed by atoms with Crippen molar-refractivity contribution in [3.05, 3.63) is 96.4 Å². The van der Waals surface area contributed by atoms with E-state index in [0.29, 0.717) is 0 Å². The van der Waals surface area contributed by atoms with E-state index in [-0.39, 0.29) is 5.82 Å². The Morgan fingerprint density at radius 1 is 0.875 bits per heavy atom. The van der Waals surface area contributed by atoms with Gasteiger partial charge in [0.25, 0.3) is 0 Å². The van der Waals surface area contributed by atoms with E-state index in [9.17, 15) is 4.39 Å². The lowest BCUT2D eigenvalue weighted by molar-refractivity contribution is 0.628. The molecule has 0 atom stereocenters. The summed E-state index contributed by atoms with van der Waals surface area (Å²) in [6, 6.07) is 14.7. The molecule has 0 nitrogen and oxygen atoms in total. The Balaban J connectivity index is 0.000000442. The fourth-order valence-corrected chi connectivity index (χ4v) is 1.39. The molecule has 0 aliphatic heterocycles. The van der Waals surface area contributed by atoms with Gasteiger partial charge in [0.05, 0.1) is 0 Å². The van der Waals surface area contributed by atoms with Crippen LogP contribution in [0.5, 0.6) is 0 Å². The first-order chi connectivity index (χ1) is 11.3. The molecule has 0 heterocycles. The Morgan fingerprint density at radius 3 is 1.50 bits per heavy atom. The summed E-state index contributed by atoms with van der Waals surface area (Å²) in [6.07, 6.45) is 3.81. The molecule has 0 bridgehead atoms. The molecule has 2 rings (SSSR count). The van der Waals surface area contributed by atoms with Crippen LogP contribution in [0.15, 0.2) is 85.0 Å². The van der Waals surface area contributed by atoms with Gasteiger partial charge in [0.15, 0.2) is 0 Å². The van der Waals surface area contributed by atoms with Gasteiger partial charge >= 0.3 is 0 Å². The van der Waals surface area contributed by atoms with E-state index in [0.717, 1.165) is 16.7 Å². The molecular weight excluding hydrogens is 295 g/mol. The topological polar surface area (TPSA) is 0 Å². The van der Waals surface area contributed by atoms with E-state index in [1.165, 1.54) is 23.3 Å². The second kappa shape index (κ2) is 12.1. The van der Waals surface area contributed by atoms with E-state index in [1.807, 2.05) is 26.0 Å². The molecule has 0 aromatic heterocycles. The number of rotatable bonds is 2. The molecule has 0 spiro atoms. The third-order valence-corrected chi connectivity index (χ3v) is 3.15. The summed E-state index contributed by atoms with van der Waals surface area (Å²) < 4.78 is 12.7. The lowest BCUT2D eigenvalue weighted by Gasteiger charge is -2.01. The molecule has 0 aliphatic carbocycles. The minimum absolute atomic E-state index is 0.194. The van der Waals surface area contributed by atoms with E-state index in [4.69, 9.17) is 0 Å². The summed E-state index contributed by atoms with van der Waals surface area (Å²) in [6.45, 7) is 17.2. The normalized spacial score (nSPS) is 8.75. The Morgan fingerprint density at radius 2 is 1.21 bits per heavy atom. The monoisotopic (exact) mass is 324 g/mol. The van der Waals surface area contributed by atoms with Crippen molar-refractivity contribution in [3.63, 3.8) is 0 Å². The summed E-state index contributed by atoms with van der Waals surface area (Å²) in [5, 5.41) is 0. The average molecular weight is 324 g/mol. The highest BCUT2D eigenvalue weighted by Gasteiger charge is 1.96. The van der Waals surface area contributed by atoms with Gasteiger partial charge in [0, 0.05) is 0 Å². The fourth-order valence-electron chi connectivity index (χ4n) is 1.39. The van der Waals surface area contributed by atoms with Gasteiger partial charge in [-0.2, -0.15) is 0 Å². The first-order valence-corrected chi connectivity index (χ1v) is 8.00. The SMILES string of the molecule is C=CC(=C)C.CC=C(C)C.Cc1ccc(-c2ccc(F)cc2)cc1. The quantitative estimate of drug-likeness (QED) is 0.396. The predicted octanol–water partition coefficient (Wildman–Crippen LogP) is 7.52. The van der Waals surface area contributed by atoms with Crippen LogP contribution < -0.4 is 0 Å². The molecule has 0 fully saturated rings. The van der Waals surface area contributed by atoms with Gasteiger partial charge in [0.1, 0.15) is 5.82 Å². The van der Waals surface area contributed by atoms with Gasteiger partial charge in [-0.3, -0.25) is 0 Å². The molecule has 0 saturated heterocycles. The number of benzene rings is 2. The molecular formula is C23H29F. The van der Waals surface area contributed by atoms with E-state index in [2.05, 4.69) is 52.1 Å². The lowest BCUT2D eigenvalue weighted by Crippen LogP contribution is -1.79. The van der Waals surface area contributed by atoms with Crippen molar-refractivity contribution in [1.82, 2.24) is 0 Å².